The second kappa shape index (κ2) is 9.89. The van der Waals surface area contributed by atoms with Crippen LogP contribution in [0.15, 0.2) is 36.4 Å². The van der Waals surface area contributed by atoms with E-state index in [1.165, 1.54) is 26.0 Å². The molecule has 15 heteroatoms. The molecule has 1 aliphatic heterocycles. The van der Waals surface area contributed by atoms with Gasteiger partial charge in [-0.2, -0.15) is 0 Å². The number of amides is 1. The van der Waals surface area contributed by atoms with Crippen molar-refractivity contribution in [1.29, 1.82) is 5.41 Å². The van der Waals surface area contributed by atoms with Crippen molar-refractivity contribution in [2.24, 2.45) is 0 Å². The molecular formula is C21H19BF6N2O6. The van der Waals surface area contributed by atoms with E-state index in [-0.39, 0.29) is 28.9 Å². The Bertz CT molecular complexity index is 1140. The maximum Gasteiger partial charge on any atom is 0.573 e. The summed E-state index contributed by atoms with van der Waals surface area (Å²) in [6.45, 7) is 2.00. The highest BCUT2D eigenvalue weighted by Crippen LogP contribution is 2.34. The van der Waals surface area contributed by atoms with E-state index < -0.39 is 55.1 Å². The summed E-state index contributed by atoms with van der Waals surface area (Å²) in [6, 6.07) is 6.52. The van der Waals surface area contributed by atoms with Crippen LogP contribution in [0.2, 0.25) is 0 Å². The van der Waals surface area contributed by atoms with Crippen LogP contribution >= 0.6 is 0 Å². The molecule has 3 rings (SSSR count). The number of fused-ring (bicyclic) bond motifs is 1. The van der Waals surface area contributed by atoms with Gasteiger partial charge in [0.1, 0.15) is 17.9 Å². The van der Waals surface area contributed by atoms with Gasteiger partial charge in [0.25, 0.3) is 5.91 Å². The second-order valence-electron chi connectivity index (χ2n) is 7.95. The summed E-state index contributed by atoms with van der Waals surface area (Å²) in [7, 11) is -1.68. The Morgan fingerprint density at radius 3 is 2.25 bits per heavy atom. The molecule has 194 valence electrons. The van der Waals surface area contributed by atoms with Crippen LogP contribution in [0.1, 0.15) is 29.8 Å². The maximum atomic E-state index is 13.0. The van der Waals surface area contributed by atoms with Gasteiger partial charge in [-0.25, -0.2) is 0 Å². The van der Waals surface area contributed by atoms with E-state index in [9.17, 15) is 36.2 Å². The minimum Gasteiger partial charge on any atom is -0.487 e. The first-order chi connectivity index (χ1) is 16.6. The van der Waals surface area contributed by atoms with Gasteiger partial charge in [-0.05, 0) is 49.7 Å². The van der Waals surface area contributed by atoms with Crippen molar-refractivity contribution in [3.63, 3.8) is 0 Å². The lowest BCUT2D eigenvalue weighted by atomic mass is 9.78. The maximum absolute atomic E-state index is 13.0. The Hall–Kier alpha value is -3.46. The van der Waals surface area contributed by atoms with Crippen molar-refractivity contribution in [2.75, 3.05) is 6.61 Å². The Labute approximate surface area is 200 Å². The molecule has 0 saturated heterocycles. The zero-order valence-electron chi connectivity index (χ0n) is 18.7. The van der Waals surface area contributed by atoms with E-state index in [0.29, 0.717) is 0 Å². The Morgan fingerprint density at radius 1 is 1.08 bits per heavy atom. The topological polar surface area (TPSA) is 110 Å². The van der Waals surface area contributed by atoms with Crippen molar-refractivity contribution >= 4 is 24.2 Å². The van der Waals surface area contributed by atoms with Gasteiger partial charge in [-0.15, -0.1) is 26.3 Å². The Balaban J connectivity index is 1.80. The van der Waals surface area contributed by atoms with Crippen molar-refractivity contribution in [3.05, 3.63) is 47.5 Å². The number of ether oxygens (including phenoxy) is 3. The highest BCUT2D eigenvalue weighted by Gasteiger charge is 2.40. The number of carbonyl (C=O) groups is 1. The lowest BCUT2D eigenvalue weighted by Crippen LogP contribution is -2.55. The summed E-state index contributed by atoms with van der Waals surface area (Å²) >= 11 is 0. The monoisotopic (exact) mass is 520 g/mol. The number of benzene rings is 2. The van der Waals surface area contributed by atoms with E-state index >= 15 is 0 Å². The summed E-state index contributed by atoms with van der Waals surface area (Å²) in [5, 5.41) is 20.5. The van der Waals surface area contributed by atoms with Crippen LogP contribution in [0.25, 0.3) is 0 Å². The lowest BCUT2D eigenvalue weighted by molar-refractivity contribution is -0.275. The molecular weight excluding hydrogens is 501 g/mol. The summed E-state index contributed by atoms with van der Waals surface area (Å²) in [5.41, 5.74) is -1.77. The first-order valence-electron chi connectivity index (χ1n) is 10.2. The van der Waals surface area contributed by atoms with Crippen LogP contribution in [0.5, 0.6) is 17.2 Å². The van der Waals surface area contributed by atoms with Gasteiger partial charge in [0.15, 0.2) is 11.5 Å². The zero-order chi connectivity index (χ0) is 26.9. The van der Waals surface area contributed by atoms with Crippen molar-refractivity contribution in [2.45, 2.75) is 38.7 Å². The smallest absolute Gasteiger partial charge is 0.487 e. The van der Waals surface area contributed by atoms with Gasteiger partial charge in [0.2, 0.25) is 0 Å². The summed E-state index contributed by atoms with van der Waals surface area (Å²) in [4.78, 5) is 12.7. The second-order valence-corrected chi connectivity index (χ2v) is 7.95. The van der Waals surface area contributed by atoms with Crippen LogP contribution in [0.4, 0.5) is 26.3 Å². The molecule has 0 unspecified atom stereocenters. The molecule has 1 atom stereocenters. The van der Waals surface area contributed by atoms with E-state index in [4.69, 9.17) is 14.8 Å². The molecule has 0 fully saturated rings. The first-order valence-corrected chi connectivity index (χ1v) is 10.2. The molecule has 3 N–H and O–H groups in total. The van der Waals surface area contributed by atoms with Gasteiger partial charge in [0, 0.05) is 16.7 Å². The Kier molecular flexibility index (Phi) is 7.46. The zero-order valence-corrected chi connectivity index (χ0v) is 18.7. The summed E-state index contributed by atoms with van der Waals surface area (Å²) in [6.07, 6.45) is -10.0. The predicted molar refractivity (Wildman–Crippen MR) is 113 cm³/mol. The Morgan fingerprint density at radius 2 is 1.69 bits per heavy atom. The highest BCUT2D eigenvalue weighted by atomic mass is 19.4. The number of rotatable bonds is 8. The number of halogens is 6. The van der Waals surface area contributed by atoms with Crippen LogP contribution in [0, 0.1) is 5.41 Å². The molecule has 2 aromatic rings. The standard InChI is InChI=1S/C21H19BF6N2O6/c1-11(29)19(2,30-18(31)12-3-6-14(7-4-12)35-20(23,24)25)10-33-15-8-5-13-9-34-22(32)16(13)17(15)36-21(26,27)28/h3-8,29,32H,9-10H2,1-2H3,(H,30,31)/t19-/m1/s1. The lowest BCUT2D eigenvalue weighted by Gasteiger charge is -2.30. The van der Waals surface area contributed by atoms with Gasteiger partial charge in [-0.3, -0.25) is 4.79 Å². The van der Waals surface area contributed by atoms with Crippen molar-refractivity contribution in [1.82, 2.24) is 5.32 Å². The van der Waals surface area contributed by atoms with Crippen LogP contribution in [-0.4, -0.2) is 48.6 Å². The van der Waals surface area contributed by atoms with E-state index in [1.54, 1.807) is 0 Å². The number of carbonyl (C=O) groups excluding carboxylic acids is 1. The number of hydrogen-bond acceptors (Lipinski definition) is 7. The minimum atomic E-state index is -5.12. The van der Waals surface area contributed by atoms with Crippen molar-refractivity contribution in [3.8, 4) is 17.2 Å². The quantitative estimate of drug-likeness (QED) is 0.280. The fourth-order valence-corrected chi connectivity index (χ4v) is 3.19. The molecule has 0 radical (unpaired) electrons. The third kappa shape index (κ3) is 6.60. The predicted octanol–water partition coefficient (Wildman–Crippen LogP) is 3.31. The average molecular weight is 520 g/mol. The summed E-state index contributed by atoms with van der Waals surface area (Å²) < 4.78 is 94.3. The normalized spacial score (nSPS) is 15.1. The molecule has 1 heterocycles. The molecule has 1 aliphatic rings. The largest absolute Gasteiger partial charge is 0.573 e. The third-order valence-electron chi connectivity index (χ3n) is 5.20. The number of alkyl halides is 6. The molecule has 0 bridgehead atoms. The van der Waals surface area contributed by atoms with Gasteiger partial charge < -0.3 is 34.6 Å². The SMILES string of the molecule is CC(=N)[C@@](C)(COc1ccc2c(c1OC(F)(F)F)B(O)OC2)NC(=O)c1ccc(OC(F)(F)F)cc1. The number of hydrogen-bond donors (Lipinski definition) is 3. The molecule has 8 nitrogen and oxygen atoms in total. The average Bonchev–Trinajstić information content (AvgIpc) is 3.12. The van der Waals surface area contributed by atoms with Crippen LogP contribution in [-0.2, 0) is 11.3 Å². The van der Waals surface area contributed by atoms with Gasteiger partial charge in [-0.1, -0.05) is 6.07 Å². The molecule has 36 heavy (non-hydrogen) atoms. The van der Waals surface area contributed by atoms with Crippen LogP contribution in [0.3, 0.4) is 0 Å². The minimum absolute atomic E-state index is 0.0732. The highest BCUT2D eigenvalue weighted by molar-refractivity contribution is 6.62. The first kappa shape index (κ1) is 27.1. The van der Waals surface area contributed by atoms with E-state index in [2.05, 4.69) is 14.8 Å². The fourth-order valence-electron chi connectivity index (χ4n) is 3.19. The van der Waals surface area contributed by atoms with Crippen molar-refractivity contribution < 1.29 is 55.0 Å². The van der Waals surface area contributed by atoms with Gasteiger partial charge in [0.05, 0.1) is 6.61 Å². The van der Waals surface area contributed by atoms with Crippen LogP contribution < -0.4 is 25.0 Å². The fraction of sp³-hybridized carbons (Fsp3) is 0.333. The van der Waals surface area contributed by atoms with E-state index in [0.717, 1.165) is 24.3 Å². The molecule has 0 spiro atoms. The molecule has 0 aromatic heterocycles. The third-order valence-corrected chi connectivity index (χ3v) is 5.20. The summed E-state index contributed by atoms with van der Waals surface area (Å²) in [5.74, 6) is -2.59. The molecule has 0 saturated carbocycles. The molecule has 0 aliphatic carbocycles. The molecule has 1 amide bonds. The number of nitrogens with one attached hydrogen (secondary N) is 2. The van der Waals surface area contributed by atoms with E-state index in [1.807, 2.05) is 0 Å². The molecule has 2 aromatic carbocycles. The van der Waals surface area contributed by atoms with Gasteiger partial charge >= 0.3 is 19.8 Å².